The first kappa shape index (κ1) is 16.4. The van der Waals surface area contributed by atoms with Crippen LogP contribution in [0.1, 0.15) is 70.0 Å². The first-order chi connectivity index (χ1) is 11.1. The van der Waals surface area contributed by atoms with Crippen molar-refractivity contribution in [2.24, 2.45) is 0 Å². The molecule has 1 aromatic rings. The van der Waals surface area contributed by atoms with Gasteiger partial charge in [-0.05, 0) is 32.2 Å². The number of hydrogen-bond donors (Lipinski definition) is 1. The minimum Gasteiger partial charge on any atom is -0.352 e. The Morgan fingerprint density at radius 2 is 2.22 bits per heavy atom. The van der Waals surface area contributed by atoms with Crippen molar-refractivity contribution in [3.63, 3.8) is 0 Å². The quantitative estimate of drug-likeness (QED) is 0.870. The number of fused-ring (bicyclic) bond motifs is 1. The lowest BCUT2D eigenvalue weighted by molar-refractivity contribution is -0.122. The Kier molecular flexibility index (Phi) is 5.30. The number of piperidine rings is 1. The van der Waals surface area contributed by atoms with E-state index >= 15 is 0 Å². The summed E-state index contributed by atoms with van der Waals surface area (Å²) < 4.78 is 5.21. The van der Waals surface area contributed by atoms with E-state index in [0.717, 1.165) is 25.2 Å². The van der Waals surface area contributed by atoms with Gasteiger partial charge in [-0.25, -0.2) is 0 Å². The van der Waals surface area contributed by atoms with Crippen LogP contribution in [-0.4, -0.2) is 46.1 Å². The Hall–Kier alpha value is -1.43. The second-order valence-electron chi connectivity index (χ2n) is 7.12. The summed E-state index contributed by atoms with van der Waals surface area (Å²) >= 11 is 0. The van der Waals surface area contributed by atoms with Crippen molar-refractivity contribution >= 4 is 5.91 Å². The van der Waals surface area contributed by atoms with Crippen LogP contribution >= 0.6 is 0 Å². The molecular weight excluding hydrogens is 292 g/mol. The van der Waals surface area contributed by atoms with Crippen molar-refractivity contribution in [3.8, 4) is 0 Å². The second kappa shape index (κ2) is 7.43. The van der Waals surface area contributed by atoms with Crippen LogP contribution in [0, 0.1) is 0 Å². The maximum atomic E-state index is 12.2. The smallest absolute Gasteiger partial charge is 0.226 e. The van der Waals surface area contributed by atoms with E-state index in [1.165, 1.54) is 25.8 Å². The molecule has 23 heavy (non-hydrogen) atoms. The van der Waals surface area contributed by atoms with E-state index in [1.807, 2.05) is 13.8 Å². The third kappa shape index (κ3) is 4.10. The van der Waals surface area contributed by atoms with Gasteiger partial charge < -0.3 is 9.84 Å². The summed E-state index contributed by atoms with van der Waals surface area (Å²) in [5, 5.41) is 7.19. The molecule has 0 bridgehead atoms. The molecule has 6 nitrogen and oxygen atoms in total. The molecular formula is C17H28N4O2. The monoisotopic (exact) mass is 320 g/mol. The highest BCUT2D eigenvalue weighted by Crippen LogP contribution is 2.27. The van der Waals surface area contributed by atoms with E-state index in [-0.39, 0.29) is 11.8 Å². The van der Waals surface area contributed by atoms with Crippen molar-refractivity contribution in [1.82, 2.24) is 20.4 Å². The number of hydrogen-bond acceptors (Lipinski definition) is 5. The molecule has 1 amide bonds. The fourth-order valence-electron chi connectivity index (χ4n) is 3.70. The van der Waals surface area contributed by atoms with Gasteiger partial charge in [-0.3, -0.25) is 9.69 Å². The van der Waals surface area contributed by atoms with Gasteiger partial charge in [0.25, 0.3) is 0 Å². The van der Waals surface area contributed by atoms with Crippen molar-refractivity contribution in [1.29, 1.82) is 0 Å². The Bertz CT molecular complexity index is 528. The van der Waals surface area contributed by atoms with Crippen LogP contribution in [0.5, 0.6) is 0 Å². The predicted molar refractivity (Wildman–Crippen MR) is 87.1 cm³/mol. The molecule has 2 aliphatic rings. The Balaban J connectivity index is 1.39. The summed E-state index contributed by atoms with van der Waals surface area (Å²) in [5.41, 5.74) is 0. The van der Waals surface area contributed by atoms with E-state index in [4.69, 9.17) is 4.52 Å². The number of amides is 1. The third-order valence-electron chi connectivity index (χ3n) is 5.00. The fraction of sp³-hybridized carbons (Fsp3) is 0.824. The topological polar surface area (TPSA) is 71.3 Å². The molecule has 0 aromatic carbocycles. The van der Waals surface area contributed by atoms with Gasteiger partial charge in [0.1, 0.15) is 0 Å². The highest BCUT2D eigenvalue weighted by atomic mass is 16.5. The summed E-state index contributed by atoms with van der Waals surface area (Å²) in [5.74, 6) is 1.82. The average molecular weight is 320 g/mol. The van der Waals surface area contributed by atoms with Crippen LogP contribution in [0.25, 0.3) is 0 Å². The lowest BCUT2D eigenvalue weighted by atomic mass is 9.99. The molecule has 128 valence electrons. The lowest BCUT2D eigenvalue weighted by Crippen LogP contribution is -2.46. The molecule has 2 saturated heterocycles. The summed E-state index contributed by atoms with van der Waals surface area (Å²) in [6.07, 6.45) is 6.88. The number of nitrogens with one attached hydrogen (secondary N) is 1. The summed E-state index contributed by atoms with van der Waals surface area (Å²) in [6.45, 7) is 6.42. The molecule has 2 atom stereocenters. The molecule has 3 rings (SSSR count). The number of carbonyl (C=O) groups is 1. The molecule has 1 aromatic heterocycles. The average Bonchev–Trinajstić information content (AvgIpc) is 3.15. The molecule has 2 aliphatic heterocycles. The number of carbonyl (C=O) groups excluding carboxylic acids is 1. The largest absolute Gasteiger partial charge is 0.352 e. The van der Waals surface area contributed by atoms with Crippen LogP contribution < -0.4 is 5.32 Å². The fourth-order valence-corrected chi connectivity index (χ4v) is 3.70. The zero-order chi connectivity index (χ0) is 16.2. The van der Waals surface area contributed by atoms with Crippen LogP contribution in [0.4, 0.5) is 0 Å². The molecule has 3 heterocycles. The van der Waals surface area contributed by atoms with Gasteiger partial charge in [0, 0.05) is 37.4 Å². The van der Waals surface area contributed by atoms with Gasteiger partial charge in [-0.2, -0.15) is 4.98 Å². The maximum Gasteiger partial charge on any atom is 0.226 e. The molecule has 0 aliphatic carbocycles. The van der Waals surface area contributed by atoms with Gasteiger partial charge in [0.15, 0.2) is 5.82 Å². The summed E-state index contributed by atoms with van der Waals surface area (Å²) in [7, 11) is 0. The van der Waals surface area contributed by atoms with Gasteiger partial charge in [0.2, 0.25) is 11.8 Å². The van der Waals surface area contributed by atoms with Crippen molar-refractivity contribution in [2.75, 3.05) is 13.1 Å². The van der Waals surface area contributed by atoms with Crippen molar-refractivity contribution in [3.05, 3.63) is 11.7 Å². The molecule has 0 spiro atoms. The van der Waals surface area contributed by atoms with E-state index in [9.17, 15) is 4.79 Å². The first-order valence-corrected chi connectivity index (χ1v) is 8.99. The maximum absolute atomic E-state index is 12.2. The first-order valence-electron chi connectivity index (χ1n) is 8.99. The number of aryl methyl sites for hydroxylation is 1. The Labute approximate surface area is 138 Å². The molecule has 2 fully saturated rings. The van der Waals surface area contributed by atoms with Crippen LogP contribution in [0.3, 0.4) is 0 Å². The Morgan fingerprint density at radius 1 is 1.35 bits per heavy atom. The highest BCUT2D eigenvalue weighted by molar-refractivity contribution is 5.76. The van der Waals surface area contributed by atoms with Gasteiger partial charge in [-0.1, -0.05) is 25.4 Å². The lowest BCUT2D eigenvalue weighted by Gasteiger charge is -2.32. The van der Waals surface area contributed by atoms with E-state index in [1.54, 1.807) is 0 Å². The number of nitrogens with zero attached hydrogens (tertiary/aromatic N) is 3. The van der Waals surface area contributed by atoms with Crippen LogP contribution in [-0.2, 0) is 11.2 Å². The molecule has 0 radical (unpaired) electrons. The zero-order valence-corrected chi connectivity index (χ0v) is 14.3. The van der Waals surface area contributed by atoms with Crippen LogP contribution in [0.15, 0.2) is 4.52 Å². The number of aromatic nitrogens is 2. The normalized spacial score (nSPS) is 24.8. The van der Waals surface area contributed by atoms with Gasteiger partial charge in [-0.15, -0.1) is 0 Å². The molecule has 2 unspecified atom stereocenters. The third-order valence-corrected chi connectivity index (χ3v) is 5.00. The minimum atomic E-state index is 0.158. The molecule has 0 saturated carbocycles. The van der Waals surface area contributed by atoms with Crippen molar-refractivity contribution < 1.29 is 9.32 Å². The minimum absolute atomic E-state index is 0.158. The van der Waals surface area contributed by atoms with E-state index < -0.39 is 0 Å². The van der Waals surface area contributed by atoms with Crippen molar-refractivity contribution in [2.45, 2.75) is 76.8 Å². The highest BCUT2D eigenvalue weighted by Gasteiger charge is 2.35. The standard InChI is InChI=1S/C17H28N4O2/c1-12(2)17-19-16(23-20-17)8-5-7-15(22)18-13-9-11-21-10-4-3-6-14(13)21/h12-14H,3-11H2,1-2H3,(H,18,22). The summed E-state index contributed by atoms with van der Waals surface area (Å²) in [6, 6.07) is 0.913. The van der Waals surface area contributed by atoms with Gasteiger partial charge >= 0.3 is 0 Å². The molecule has 6 heteroatoms. The second-order valence-corrected chi connectivity index (χ2v) is 7.12. The SMILES string of the molecule is CC(C)c1noc(CCCC(=O)NC2CCN3CCCCC23)n1. The molecule has 1 N–H and O–H groups in total. The Morgan fingerprint density at radius 3 is 3.00 bits per heavy atom. The summed E-state index contributed by atoms with van der Waals surface area (Å²) in [4.78, 5) is 19.1. The van der Waals surface area contributed by atoms with E-state index in [2.05, 4.69) is 20.4 Å². The zero-order valence-electron chi connectivity index (χ0n) is 14.3. The van der Waals surface area contributed by atoms with Gasteiger partial charge in [0.05, 0.1) is 0 Å². The van der Waals surface area contributed by atoms with E-state index in [0.29, 0.717) is 30.8 Å². The number of rotatable bonds is 6. The predicted octanol–water partition coefficient (Wildman–Crippen LogP) is 2.26. The van der Waals surface area contributed by atoms with Crippen LogP contribution in [0.2, 0.25) is 0 Å².